The molecular weight excluding hydrogens is 290 g/mol. The Kier molecular flexibility index (Phi) is 5.51. The molecule has 21 heavy (non-hydrogen) atoms. The fourth-order valence-corrected chi connectivity index (χ4v) is 2.48. The van der Waals surface area contributed by atoms with Crippen molar-refractivity contribution in [2.45, 2.75) is 12.7 Å². The fraction of sp³-hybridized carbons (Fsp3) is 0.286. The number of aromatic amines is 2. The number of amides is 1. The third kappa shape index (κ3) is 4.71. The minimum absolute atomic E-state index is 0.106. The molecule has 0 spiro atoms. The molecule has 7 heteroatoms. The summed E-state index contributed by atoms with van der Waals surface area (Å²) in [6.45, 7) is 2.44. The normalized spacial score (nSPS) is 10.3. The Labute approximate surface area is 126 Å². The highest BCUT2D eigenvalue weighted by Gasteiger charge is 2.07. The third-order valence-corrected chi connectivity index (χ3v) is 3.58. The number of nitrogens with one attached hydrogen (secondary N) is 3. The molecule has 0 bridgehead atoms. The quantitative estimate of drug-likeness (QED) is 0.730. The lowest BCUT2D eigenvalue weighted by molar-refractivity contribution is -0.113. The minimum Gasteiger partial charge on any atom is -0.492 e. The van der Waals surface area contributed by atoms with Crippen molar-refractivity contribution in [2.24, 2.45) is 0 Å². The summed E-state index contributed by atoms with van der Waals surface area (Å²) in [6, 6.07) is 8.80. The van der Waals surface area contributed by atoms with Crippen LogP contribution in [-0.2, 0) is 10.5 Å². The number of rotatable bonds is 7. The van der Waals surface area contributed by atoms with Gasteiger partial charge >= 0.3 is 0 Å². The van der Waals surface area contributed by atoms with Crippen molar-refractivity contribution in [2.75, 3.05) is 17.7 Å². The Morgan fingerprint density at radius 2 is 2.14 bits per heavy atom. The molecule has 0 aliphatic carbocycles. The molecule has 0 fully saturated rings. The van der Waals surface area contributed by atoms with E-state index in [-0.39, 0.29) is 11.5 Å². The minimum atomic E-state index is -0.166. The Balaban J connectivity index is 1.83. The van der Waals surface area contributed by atoms with Crippen LogP contribution in [-0.4, -0.2) is 28.5 Å². The van der Waals surface area contributed by atoms with E-state index in [1.54, 1.807) is 6.07 Å². The Morgan fingerprint density at radius 1 is 1.33 bits per heavy atom. The Morgan fingerprint density at radius 3 is 2.86 bits per heavy atom. The zero-order chi connectivity index (χ0) is 15.1. The molecular formula is C14H17N3O3S. The highest BCUT2D eigenvalue weighted by atomic mass is 32.2. The molecule has 112 valence electrons. The number of carbonyl (C=O) groups is 1. The number of benzene rings is 1. The molecule has 0 saturated heterocycles. The summed E-state index contributed by atoms with van der Waals surface area (Å²) in [5, 5.41) is 8.02. The maximum absolute atomic E-state index is 11.9. The number of thioether (sulfide) groups is 1. The predicted octanol–water partition coefficient (Wildman–Crippen LogP) is 1.97. The van der Waals surface area contributed by atoms with E-state index in [4.69, 9.17) is 4.74 Å². The van der Waals surface area contributed by atoms with Crippen molar-refractivity contribution >= 4 is 23.4 Å². The van der Waals surface area contributed by atoms with Crippen molar-refractivity contribution < 1.29 is 9.53 Å². The van der Waals surface area contributed by atoms with Crippen LogP contribution in [0.3, 0.4) is 0 Å². The SMILES string of the molecule is CCOc1ccccc1NC(=O)CSCc1cc(=O)[nH][nH]1. The van der Waals surface area contributed by atoms with Crippen LogP contribution in [0.2, 0.25) is 0 Å². The van der Waals surface area contributed by atoms with E-state index in [2.05, 4.69) is 15.5 Å². The first-order chi connectivity index (χ1) is 10.2. The first-order valence-corrected chi connectivity index (χ1v) is 7.70. The number of H-pyrrole nitrogens is 2. The first kappa shape index (κ1) is 15.2. The van der Waals surface area contributed by atoms with Gasteiger partial charge in [-0.3, -0.25) is 14.7 Å². The highest BCUT2D eigenvalue weighted by Crippen LogP contribution is 2.23. The van der Waals surface area contributed by atoms with Crippen molar-refractivity contribution in [3.05, 3.63) is 46.4 Å². The lowest BCUT2D eigenvalue weighted by atomic mass is 10.3. The molecule has 1 aromatic heterocycles. The van der Waals surface area contributed by atoms with E-state index in [1.165, 1.54) is 17.8 Å². The lowest BCUT2D eigenvalue weighted by Crippen LogP contribution is -2.15. The largest absolute Gasteiger partial charge is 0.492 e. The summed E-state index contributed by atoms with van der Waals surface area (Å²) in [5.41, 5.74) is 1.27. The van der Waals surface area contributed by atoms with Gasteiger partial charge in [0.05, 0.1) is 18.0 Å². The van der Waals surface area contributed by atoms with Crippen LogP contribution in [0.15, 0.2) is 35.1 Å². The number of hydrogen-bond donors (Lipinski definition) is 3. The van der Waals surface area contributed by atoms with Gasteiger partial charge in [-0.2, -0.15) is 0 Å². The van der Waals surface area contributed by atoms with Crippen molar-refractivity contribution in [3.8, 4) is 5.75 Å². The third-order valence-electron chi connectivity index (χ3n) is 2.60. The molecule has 0 aliphatic rings. The smallest absolute Gasteiger partial charge is 0.264 e. The molecule has 1 aromatic carbocycles. The summed E-state index contributed by atoms with van der Waals surface area (Å²) >= 11 is 1.42. The molecule has 3 N–H and O–H groups in total. The first-order valence-electron chi connectivity index (χ1n) is 6.55. The van der Waals surface area contributed by atoms with Gasteiger partial charge in [0, 0.05) is 17.5 Å². The van der Waals surface area contributed by atoms with Gasteiger partial charge in [-0.15, -0.1) is 11.8 Å². The van der Waals surface area contributed by atoms with Crippen LogP contribution in [0.4, 0.5) is 5.69 Å². The number of carbonyl (C=O) groups excluding carboxylic acids is 1. The van der Waals surface area contributed by atoms with Crippen molar-refractivity contribution in [3.63, 3.8) is 0 Å². The van der Waals surface area contributed by atoms with Gasteiger partial charge in [-0.1, -0.05) is 12.1 Å². The molecule has 2 aromatic rings. The topological polar surface area (TPSA) is 87.0 Å². The zero-order valence-corrected chi connectivity index (χ0v) is 12.5. The van der Waals surface area contributed by atoms with Gasteiger partial charge in [0.1, 0.15) is 5.75 Å². The molecule has 0 atom stereocenters. The second kappa shape index (κ2) is 7.58. The van der Waals surface area contributed by atoms with E-state index in [0.717, 1.165) is 5.69 Å². The van der Waals surface area contributed by atoms with Gasteiger partial charge in [0.2, 0.25) is 5.91 Å². The molecule has 2 rings (SSSR count). The van der Waals surface area contributed by atoms with Gasteiger partial charge < -0.3 is 15.2 Å². The molecule has 0 saturated carbocycles. The van der Waals surface area contributed by atoms with E-state index in [0.29, 0.717) is 29.5 Å². The van der Waals surface area contributed by atoms with Crippen LogP contribution in [0.5, 0.6) is 5.75 Å². The molecule has 0 aliphatic heterocycles. The molecule has 6 nitrogen and oxygen atoms in total. The van der Waals surface area contributed by atoms with Crippen LogP contribution >= 0.6 is 11.8 Å². The Hall–Kier alpha value is -2.15. The Bertz CT molecular complexity index is 651. The highest BCUT2D eigenvalue weighted by molar-refractivity contribution is 7.99. The molecule has 0 radical (unpaired) electrons. The average Bonchev–Trinajstić information content (AvgIpc) is 2.87. The summed E-state index contributed by atoms with van der Waals surface area (Å²) in [5.74, 6) is 1.42. The standard InChI is InChI=1S/C14H17N3O3S/c1-2-20-12-6-4-3-5-11(12)15-14(19)9-21-8-10-7-13(18)17-16-10/h3-7H,2,8-9H2,1H3,(H,15,19)(H2,16,17,18). The maximum Gasteiger partial charge on any atom is 0.264 e. The van der Waals surface area contributed by atoms with Crippen molar-refractivity contribution in [1.29, 1.82) is 0 Å². The van der Waals surface area contributed by atoms with Gasteiger partial charge in [-0.05, 0) is 19.1 Å². The van der Waals surface area contributed by atoms with Gasteiger partial charge in [-0.25, -0.2) is 0 Å². The maximum atomic E-state index is 11.9. The van der Waals surface area contributed by atoms with Crippen LogP contribution in [0.25, 0.3) is 0 Å². The van der Waals surface area contributed by atoms with E-state index < -0.39 is 0 Å². The number of hydrogen-bond acceptors (Lipinski definition) is 4. The molecule has 1 heterocycles. The van der Waals surface area contributed by atoms with E-state index >= 15 is 0 Å². The summed E-state index contributed by atoms with van der Waals surface area (Å²) < 4.78 is 5.45. The monoisotopic (exact) mass is 307 g/mol. The summed E-state index contributed by atoms with van der Waals surface area (Å²) in [4.78, 5) is 22.8. The number of para-hydroxylation sites is 2. The van der Waals surface area contributed by atoms with Crippen LogP contribution in [0, 0.1) is 0 Å². The number of ether oxygens (including phenoxy) is 1. The van der Waals surface area contributed by atoms with Gasteiger partial charge in [0.25, 0.3) is 5.56 Å². The van der Waals surface area contributed by atoms with Crippen LogP contribution in [0.1, 0.15) is 12.6 Å². The second-order valence-corrected chi connectivity index (χ2v) is 5.24. The van der Waals surface area contributed by atoms with E-state index in [1.807, 2.05) is 25.1 Å². The lowest BCUT2D eigenvalue weighted by Gasteiger charge is -2.10. The fourth-order valence-electron chi connectivity index (χ4n) is 1.74. The molecule has 1 amide bonds. The number of aromatic nitrogens is 2. The van der Waals surface area contributed by atoms with E-state index in [9.17, 15) is 9.59 Å². The predicted molar refractivity (Wildman–Crippen MR) is 83.8 cm³/mol. The average molecular weight is 307 g/mol. The van der Waals surface area contributed by atoms with Crippen molar-refractivity contribution in [1.82, 2.24) is 10.2 Å². The zero-order valence-electron chi connectivity index (χ0n) is 11.6. The molecule has 0 unspecified atom stereocenters. The summed E-state index contributed by atoms with van der Waals surface area (Å²) in [7, 11) is 0. The van der Waals surface area contributed by atoms with Gasteiger partial charge in [0.15, 0.2) is 0 Å². The van der Waals surface area contributed by atoms with Crippen LogP contribution < -0.4 is 15.6 Å². The number of anilines is 1. The summed E-state index contributed by atoms with van der Waals surface area (Å²) in [6.07, 6.45) is 0. The second-order valence-electron chi connectivity index (χ2n) is 4.25.